The van der Waals surface area contributed by atoms with Gasteiger partial charge in [0.2, 0.25) is 0 Å². The number of ether oxygens (including phenoxy) is 1. The highest BCUT2D eigenvalue weighted by Gasteiger charge is 2.13. The van der Waals surface area contributed by atoms with Gasteiger partial charge < -0.3 is 15.0 Å². The summed E-state index contributed by atoms with van der Waals surface area (Å²) in [5, 5.41) is 0. The van der Waals surface area contributed by atoms with E-state index in [1.165, 1.54) is 0 Å². The molecule has 100 valence electrons. The van der Waals surface area contributed by atoms with Gasteiger partial charge in [-0.1, -0.05) is 0 Å². The van der Waals surface area contributed by atoms with Crippen LogP contribution in [-0.2, 0) is 11.8 Å². The Hall–Kier alpha value is -1.33. The standard InChI is InChI=1S/C13H21N3O2/c1-15-10-11(14)9-12(15)13(17)3-2-4-16-5-7-18-8-6-16/h9-10H,2-8,14H2,1H3. The molecule has 0 amide bonds. The van der Waals surface area contributed by atoms with Crippen LogP contribution < -0.4 is 5.73 Å². The molecule has 0 unspecified atom stereocenters. The molecule has 5 heteroatoms. The quantitative estimate of drug-likeness (QED) is 0.790. The summed E-state index contributed by atoms with van der Waals surface area (Å²) >= 11 is 0. The number of rotatable bonds is 5. The molecule has 1 saturated heterocycles. The highest BCUT2D eigenvalue weighted by molar-refractivity contribution is 5.95. The minimum atomic E-state index is 0.169. The summed E-state index contributed by atoms with van der Waals surface area (Å²) in [6.07, 6.45) is 3.24. The van der Waals surface area contributed by atoms with E-state index in [-0.39, 0.29) is 5.78 Å². The first-order chi connectivity index (χ1) is 8.66. The zero-order chi connectivity index (χ0) is 13.0. The maximum Gasteiger partial charge on any atom is 0.179 e. The predicted octanol–water partition coefficient (Wildman–Crippen LogP) is 0.902. The van der Waals surface area contributed by atoms with E-state index in [0.717, 1.165) is 39.3 Å². The number of hydrogen-bond acceptors (Lipinski definition) is 4. The number of carbonyl (C=O) groups excluding carboxylic acids is 1. The molecule has 2 N–H and O–H groups in total. The summed E-state index contributed by atoms with van der Waals surface area (Å²) in [5.74, 6) is 0.169. The second-order valence-electron chi connectivity index (χ2n) is 4.75. The lowest BCUT2D eigenvalue weighted by Crippen LogP contribution is -2.36. The fraction of sp³-hybridized carbons (Fsp3) is 0.615. The Balaban J connectivity index is 1.76. The summed E-state index contributed by atoms with van der Waals surface area (Å²) in [5.41, 5.74) is 7.02. The highest BCUT2D eigenvalue weighted by atomic mass is 16.5. The van der Waals surface area contributed by atoms with Crippen molar-refractivity contribution >= 4 is 11.5 Å². The largest absolute Gasteiger partial charge is 0.397 e. The van der Waals surface area contributed by atoms with Gasteiger partial charge in [-0.3, -0.25) is 9.69 Å². The van der Waals surface area contributed by atoms with Crippen LogP contribution in [0.15, 0.2) is 12.3 Å². The molecule has 1 aliphatic rings. The Labute approximate surface area is 108 Å². The van der Waals surface area contributed by atoms with E-state index in [1.807, 2.05) is 7.05 Å². The number of aryl methyl sites for hydroxylation is 1. The lowest BCUT2D eigenvalue weighted by molar-refractivity contribution is 0.0371. The molecule has 0 spiro atoms. The van der Waals surface area contributed by atoms with Crippen LogP contribution in [0.2, 0.25) is 0 Å². The van der Waals surface area contributed by atoms with Crippen LogP contribution in [0.3, 0.4) is 0 Å². The number of nitrogens with zero attached hydrogens (tertiary/aromatic N) is 2. The highest BCUT2D eigenvalue weighted by Crippen LogP contribution is 2.12. The van der Waals surface area contributed by atoms with E-state index in [9.17, 15) is 4.79 Å². The fourth-order valence-corrected chi connectivity index (χ4v) is 2.28. The van der Waals surface area contributed by atoms with E-state index < -0.39 is 0 Å². The van der Waals surface area contributed by atoms with Crippen molar-refractivity contribution in [2.45, 2.75) is 12.8 Å². The minimum Gasteiger partial charge on any atom is -0.397 e. The average molecular weight is 251 g/mol. The van der Waals surface area contributed by atoms with Crippen LogP contribution in [0.25, 0.3) is 0 Å². The number of hydrogen-bond donors (Lipinski definition) is 1. The van der Waals surface area contributed by atoms with E-state index in [2.05, 4.69) is 4.90 Å². The first-order valence-electron chi connectivity index (χ1n) is 6.42. The topological polar surface area (TPSA) is 60.5 Å². The molecule has 0 aliphatic carbocycles. The zero-order valence-electron chi connectivity index (χ0n) is 10.9. The molecule has 0 atom stereocenters. The first kappa shape index (κ1) is 13.1. The number of anilines is 1. The van der Waals surface area contributed by atoms with E-state index in [1.54, 1.807) is 16.8 Å². The monoisotopic (exact) mass is 251 g/mol. The van der Waals surface area contributed by atoms with Crippen molar-refractivity contribution in [2.75, 3.05) is 38.6 Å². The van der Waals surface area contributed by atoms with Gasteiger partial charge in [0, 0.05) is 32.8 Å². The van der Waals surface area contributed by atoms with Crippen molar-refractivity contribution in [2.24, 2.45) is 7.05 Å². The number of carbonyl (C=O) groups is 1. The lowest BCUT2D eigenvalue weighted by atomic mass is 10.1. The van der Waals surface area contributed by atoms with Gasteiger partial charge in [0.05, 0.1) is 24.6 Å². The molecular weight excluding hydrogens is 230 g/mol. The van der Waals surface area contributed by atoms with Crippen molar-refractivity contribution in [3.05, 3.63) is 18.0 Å². The molecule has 5 nitrogen and oxygen atoms in total. The third kappa shape index (κ3) is 3.34. The van der Waals surface area contributed by atoms with Gasteiger partial charge in [-0.2, -0.15) is 0 Å². The fourth-order valence-electron chi connectivity index (χ4n) is 2.28. The normalized spacial score (nSPS) is 16.9. The van der Waals surface area contributed by atoms with Gasteiger partial charge in [0.15, 0.2) is 5.78 Å². The van der Waals surface area contributed by atoms with Crippen molar-refractivity contribution in [3.63, 3.8) is 0 Å². The Morgan fingerprint density at radius 1 is 1.44 bits per heavy atom. The summed E-state index contributed by atoms with van der Waals surface area (Å²) in [6.45, 7) is 4.54. The van der Waals surface area contributed by atoms with Crippen molar-refractivity contribution in [3.8, 4) is 0 Å². The number of morpholine rings is 1. The number of nitrogen functional groups attached to an aromatic ring is 1. The molecule has 0 bridgehead atoms. The minimum absolute atomic E-state index is 0.169. The van der Waals surface area contributed by atoms with Crippen LogP contribution in [0.1, 0.15) is 23.3 Å². The van der Waals surface area contributed by atoms with Gasteiger partial charge in [0.25, 0.3) is 0 Å². The van der Waals surface area contributed by atoms with Crippen LogP contribution >= 0.6 is 0 Å². The third-order valence-electron chi connectivity index (χ3n) is 3.29. The first-order valence-corrected chi connectivity index (χ1v) is 6.42. The Kier molecular flexibility index (Phi) is 4.38. The van der Waals surface area contributed by atoms with E-state index in [4.69, 9.17) is 10.5 Å². The van der Waals surface area contributed by atoms with Gasteiger partial charge in [-0.15, -0.1) is 0 Å². The van der Waals surface area contributed by atoms with Gasteiger partial charge in [-0.05, 0) is 19.0 Å². The Morgan fingerprint density at radius 2 is 2.17 bits per heavy atom. The molecule has 1 fully saturated rings. The van der Waals surface area contributed by atoms with Crippen LogP contribution in [0, 0.1) is 0 Å². The molecule has 0 saturated carbocycles. The second kappa shape index (κ2) is 6.02. The molecular formula is C13H21N3O2. The Bertz CT molecular complexity index is 408. The molecule has 0 aromatic carbocycles. The van der Waals surface area contributed by atoms with Gasteiger partial charge in [0.1, 0.15) is 0 Å². The maximum atomic E-state index is 12.0. The molecule has 1 aromatic rings. The van der Waals surface area contributed by atoms with Gasteiger partial charge >= 0.3 is 0 Å². The Morgan fingerprint density at radius 3 is 2.78 bits per heavy atom. The van der Waals surface area contributed by atoms with Crippen molar-refractivity contribution in [1.82, 2.24) is 9.47 Å². The summed E-state index contributed by atoms with van der Waals surface area (Å²) in [4.78, 5) is 14.3. The van der Waals surface area contributed by atoms with Crippen molar-refractivity contribution < 1.29 is 9.53 Å². The average Bonchev–Trinajstić information content (AvgIpc) is 2.70. The molecule has 2 rings (SSSR count). The van der Waals surface area contributed by atoms with Gasteiger partial charge in [-0.25, -0.2) is 0 Å². The smallest absolute Gasteiger partial charge is 0.179 e. The van der Waals surface area contributed by atoms with Crippen molar-refractivity contribution in [1.29, 1.82) is 0 Å². The number of nitrogens with two attached hydrogens (primary N) is 1. The summed E-state index contributed by atoms with van der Waals surface area (Å²) in [7, 11) is 1.85. The number of ketones is 1. The number of Topliss-reactive ketones (excluding diaryl/α,β-unsaturated/α-hetero) is 1. The third-order valence-corrected chi connectivity index (χ3v) is 3.29. The molecule has 2 heterocycles. The van der Waals surface area contributed by atoms with E-state index >= 15 is 0 Å². The van der Waals surface area contributed by atoms with Crippen LogP contribution in [0.5, 0.6) is 0 Å². The van der Waals surface area contributed by atoms with Crippen LogP contribution in [0.4, 0.5) is 5.69 Å². The van der Waals surface area contributed by atoms with E-state index in [0.29, 0.717) is 17.8 Å². The maximum absolute atomic E-state index is 12.0. The number of aromatic nitrogens is 1. The SMILES string of the molecule is Cn1cc(N)cc1C(=O)CCCN1CCOCC1. The lowest BCUT2D eigenvalue weighted by Gasteiger charge is -2.26. The zero-order valence-corrected chi connectivity index (χ0v) is 10.9. The molecule has 0 radical (unpaired) electrons. The molecule has 1 aliphatic heterocycles. The molecule has 18 heavy (non-hydrogen) atoms. The summed E-state index contributed by atoms with van der Waals surface area (Å²) in [6, 6.07) is 1.75. The second-order valence-corrected chi connectivity index (χ2v) is 4.75. The molecule has 1 aromatic heterocycles. The summed E-state index contributed by atoms with van der Waals surface area (Å²) < 4.78 is 7.09. The van der Waals surface area contributed by atoms with Crippen LogP contribution in [-0.4, -0.2) is 48.1 Å². The predicted molar refractivity (Wildman–Crippen MR) is 70.6 cm³/mol.